The molecule has 2 N–H and O–H groups in total. The lowest BCUT2D eigenvalue weighted by Crippen LogP contribution is -2.16. The molecule has 0 aliphatic heterocycles. The zero-order valence-electron chi connectivity index (χ0n) is 14.4. The van der Waals surface area contributed by atoms with Crippen LogP contribution in [0.3, 0.4) is 0 Å². The summed E-state index contributed by atoms with van der Waals surface area (Å²) in [7, 11) is 0. The second-order valence-electron chi connectivity index (χ2n) is 6.35. The van der Waals surface area contributed by atoms with Gasteiger partial charge in [-0.25, -0.2) is 0 Å². The molecule has 0 saturated heterocycles. The molecule has 2 aromatic heterocycles. The van der Waals surface area contributed by atoms with Crippen molar-refractivity contribution in [3.63, 3.8) is 0 Å². The van der Waals surface area contributed by atoms with Crippen LogP contribution in [0, 0.1) is 0 Å². The van der Waals surface area contributed by atoms with Gasteiger partial charge in [-0.3, -0.25) is 4.98 Å². The van der Waals surface area contributed by atoms with Gasteiger partial charge in [-0.15, -0.1) is 0 Å². The molecule has 4 heteroatoms. The molecule has 0 fully saturated rings. The van der Waals surface area contributed by atoms with Gasteiger partial charge in [0.05, 0.1) is 5.69 Å². The van der Waals surface area contributed by atoms with E-state index in [9.17, 15) is 0 Å². The number of rotatable bonds is 6. The molecule has 3 nitrogen and oxygen atoms in total. The van der Waals surface area contributed by atoms with Crippen LogP contribution in [-0.2, 0) is 13.0 Å². The average Bonchev–Trinajstić information content (AvgIpc) is 3.08. The fourth-order valence-corrected chi connectivity index (χ4v) is 3.36. The van der Waals surface area contributed by atoms with E-state index < -0.39 is 0 Å². The topological polar surface area (TPSA) is 40.7 Å². The number of H-pyrrole nitrogens is 1. The normalized spacial score (nSPS) is 11.1. The molecule has 0 unspecified atom stereocenters. The molecule has 2 heterocycles. The summed E-state index contributed by atoms with van der Waals surface area (Å²) in [5.41, 5.74) is 5.83. The number of benzene rings is 2. The zero-order chi connectivity index (χ0) is 17.8. The minimum absolute atomic E-state index is 0.776. The van der Waals surface area contributed by atoms with Crippen LogP contribution in [0.25, 0.3) is 22.2 Å². The van der Waals surface area contributed by atoms with Crippen molar-refractivity contribution in [2.75, 3.05) is 6.54 Å². The first-order valence-corrected chi connectivity index (χ1v) is 9.14. The minimum Gasteiger partial charge on any atom is -0.361 e. The molecule has 0 aliphatic carbocycles. The third-order valence-electron chi connectivity index (χ3n) is 4.52. The summed E-state index contributed by atoms with van der Waals surface area (Å²) in [6.07, 6.45) is 4.86. The van der Waals surface area contributed by atoms with E-state index in [4.69, 9.17) is 11.6 Å². The number of fused-ring (bicyclic) bond motifs is 1. The second kappa shape index (κ2) is 7.73. The van der Waals surface area contributed by atoms with Crippen LogP contribution in [0.4, 0.5) is 0 Å². The number of hydrogen-bond acceptors (Lipinski definition) is 2. The van der Waals surface area contributed by atoms with Gasteiger partial charge in [0.15, 0.2) is 0 Å². The smallest absolute Gasteiger partial charge is 0.0702 e. The third kappa shape index (κ3) is 3.79. The van der Waals surface area contributed by atoms with Crippen molar-refractivity contribution in [2.45, 2.75) is 13.0 Å². The maximum Gasteiger partial charge on any atom is 0.0702 e. The van der Waals surface area contributed by atoms with Gasteiger partial charge in [-0.1, -0.05) is 35.9 Å². The van der Waals surface area contributed by atoms with E-state index >= 15 is 0 Å². The highest BCUT2D eigenvalue weighted by molar-refractivity contribution is 6.31. The molecule has 2 aromatic carbocycles. The lowest BCUT2D eigenvalue weighted by molar-refractivity contribution is 0.688. The third-order valence-corrected chi connectivity index (χ3v) is 4.75. The Labute approximate surface area is 158 Å². The van der Waals surface area contributed by atoms with Crippen molar-refractivity contribution in [2.24, 2.45) is 0 Å². The van der Waals surface area contributed by atoms with E-state index in [-0.39, 0.29) is 0 Å². The van der Waals surface area contributed by atoms with Gasteiger partial charge in [-0.05, 0) is 60.5 Å². The van der Waals surface area contributed by atoms with Crippen LogP contribution in [-0.4, -0.2) is 16.5 Å². The van der Waals surface area contributed by atoms with Crippen LogP contribution < -0.4 is 5.32 Å². The summed E-state index contributed by atoms with van der Waals surface area (Å²) in [6, 6.07) is 20.5. The van der Waals surface area contributed by atoms with Crippen molar-refractivity contribution in [1.29, 1.82) is 0 Å². The summed E-state index contributed by atoms with van der Waals surface area (Å²) < 4.78 is 0. The Hall–Kier alpha value is -2.62. The van der Waals surface area contributed by atoms with Crippen LogP contribution in [0.2, 0.25) is 5.02 Å². The fourth-order valence-electron chi connectivity index (χ4n) is 3.19. The minimum atomic E-state index is 0.776. The highest BCUT2D eigenvalue weighted by Gasteiger charge is 2.04. The zero-order valence-corrected chi connectivity index (χ0v) is 15.1. The monoisotopic (exact) mass is 361 g/mol. The van der Waals surface area contributed by atoms with E-state index in [0.29, 0.717) is 0 Å². The molecule has 0 saturated carbocycles. The highest BCUT2D eigenvalue weighted by Crippen LogP contribution is 2.22. The van der Waals surface area contributed by atoms with E-state index in [1.807, 2.05) is 42.6 Å². The highest BCUT2D eigenvalue weighted by atomic mass is 35.5. The molecule has 4 aromatic rings. The molecular formula is C22H20ClN3. The Morgan fingerprint density at radius 1 is 1.00 bits per heavy atom. The van der Waals surface area contributed by atoms with E-state index in [1.54, 1.807) is 0 Å². The van der Waals surface area contributed by atoms with Gasteiger partial charge in [0, 0.05) is 40.4 Å². The Morgan fingerprint density at radius 3 is 2.85 bits per heavy atom. The second-order valence-corrected chi connectivity index (χ2v) is 6.78. The Balaban J connectivity index is 1.37. The van der Waals surface area contributed by atoms with E-state index in [0.717, 1.165) is 41.3 Å². The van der Waals surface area contributed by atoms with Gasteiger partial charge in [0.2, 0.25) is 0 Å². The van der Waals surface area contributed by atoms with Gasteiger partial charge in [0.1, 0.15) is 0 Å². The SMILES string of the molecule is Clc1ccc2[nH]cc(CCNCc3cccc(-c4ccccn4)c3)c2c1. The maximum absolute atomic E-state index is 6.12. The summed E-state index contributed by atoms with van der Waals surface area (Å²) in [4.78, 5) is 7.73. The number of nitrogens with one attached hydrogen (secondary N) is 2. The number of aromatic amines is 1. The number of aromatic nitrogens is 2. The summed E-state index contributed by atoms with van der Waals surface area (Å²) in [5.74, 6) is 0. The molecule has 0 amide bonds. The molecule has 0 aliphatic rings. The largest absolute Gasteiger partial charge is 0.361 e. The van der Waals surface area contributed by atoms with Gasteiger partial charge in [0.25, 0.3) is 0 Å². The Bertz CT molecular complexity index is 1010. The fraction of sp³-hybridized carbons (Fsp3) is 0.136. The molecule has 130 valence electrons. The summed E-state index contributed by atoms with van der Waals surface area (Å²) in [5, 5.41) is 5.51. The predicted molar refractivity (Wildman–Crippen MR) is 108 cm³/mol. The average molecular weight is 362 g/mol. The first-order chi connectivity index (χ1) is 12.8. The van der Waals surface area contributed by atoms with Crippen LogP contribution in [0.15, 0.2) is 73.1 Å². The maximum atomic E-state index is 6.12. The molecule has 0 spiro atoms. The molecule has 0 atom stereocenters. The van der Waals surface area contributed by atoms with Gasteiger partial charge in [-0.2, -0.15) is 0 Å². The summed E-state index contributed by atoms with van der Waals surface area (Å²) in [6.45, 7) is 1.75. The number of halogens is 1. The quantitative estimate of drug-likeness (QED) is 0.462. The van der Waals surface area contributed by atoms with Crippen LogP contribution in [0.1, 0.15) is 11.1 Å². The first kappa shape index (κ1) is 16.8. The molecule has 4 rings (SSSR count). The molecule has 0 bridgehead atoms. The number of nitrogens with zero attached hydrogens (tertiary/aromatic N) is 1. The van der Waals surface area contributed by atoms with Crippen molar-refractivity contribution in [3.05, 3.63) is 89.2 Å². The Morgan fingerprint density at radius 2 is 1.96 bits per heavy atom. The van der Waals surface area contributed by atoms with Gasteiger partial charge >= 0.3 is 0 Å². The van der Waals surface area contributed by atoms with Crippen molar-refractivity contribution in [3.8, 4) is 11.3 Å². The number of hydrogen-bond donors (Lipinski definition) is 2. The van der Waals surface area contributed by atoms with Crippen LogP contribution >= 0.6 is 11.6 Å². The first-order valence-electron chi connectivity index (χ1n) is 8.76. The van der Waals surface area contributed by atoms with Crippen molar-refractivity contribution < 1.29 is 0 Å². The Kier molecular flexibility index (Phi) is 5.00. The van der Waals surface area contributed by atoms with Crippen LogP contribution in [0.5, 0.6) is 0 Å². The predicted octanol–water partition coefficient (Wildman–Crippen LogP) is 5.22. The van der Waals surface area contributed by atoms with Crippen molar-refractivity contribution >= 4 is 22.5 Å². The van der Waals surface area contributed by atoms with E-state index in [1.165, 1.54) is 16.5 Å². The summed E-state index contributed by atoms with van der Waals surface area (Å²) >= 11 is 6.12. The van der Waals surface area contributed by atoms with Gasteiger partial charge < -0.3 is 10.3 Å². The lowest BCUT2D eigenvalue weighted by Gasteiger charge is -2.07. The molecule has 0 radical (unpaired) electrons. The number of pyridine rings is 1. The molecule has 26 heavy (non-hydrogen) atoms. The van der Waals surface area contributed by atoms with E-state index in [2.05, 4.69) is 45.7 Å². The standard InChI is InChI=1S/C22H20ClN3/c23-19-7-8-22-20(13-19)18(15-26-22)9-11-24-14-16-4-3-5-17(12-16)21-6-1-2-10-25-21/h1-8,10,12-13,15,24,26H,9,11,14H2. The van der Waals surface area contributed by atoms with Crippen molar-refractivity contribution in [1.82, 2.24) is 15.3 Å². The molecular weight excluding hydrogens is 342 g/mol. The lowest BCUT2D eigenvalue weighted by atomic mass is 10.1.